The van der Waals surface area contributed by atoms with Crippen molar-refractivity contribution in [2.75, 3.05) is 4.90 Å². The highest BCUT2D eigenvalue weighted by Crippen LogP contribution is 2.19. The van der Waals surface area contributed by atoms with E-state index in [9.17, 15) is 0 Å². The molecule has 2 aromatic heterocycles. The first-order valence-corrected chi connectivity index (χ1v) is 7.82. The molecule has 0 saturated heterocycles. The molecule has 3 aromatic rings. The molecule has 0 radical (unpaired) electrons. The fraction of sp³-hybridized carbons (Fsp3) is 0.333. The Morgan fingerprint density at radius 1 is 0.826 bits per heavy atom. The third-order valence-electron chi connectivity index (χ3n) is 4.16. The summed E-state index contributed by atoms with van der Waals surface area (Å²) in [4.78, 5) is 2.31. The number of nitrogens with zero attached hydrogens (tertiary/aromatic N) is 5. The van der Waals surface area contributed by atoms with Gasteiger partial charge in [0.25, 0.3) is 0 Å². The molecule has 1 aromatic carbocycles. The zero-order valence-corrected chi connectivity index (χ0v) is 14.2. The van der Waals surface area contributed by atoms with Crippen LogP contribution in [0.3, 0.4) is 0 Å². The quantitative estimate of drug-likeness (QED) is 0.727. The van der Waals surface area contributed by atoms with Crippen LogP contribution in [0.2, 0.25) is 0 Å². The van der Waals surface area contributed by atoms with E-state index >= 15 is 0 Å². The maximum absolute atomic E-state index is 4.59. The topological polar surface area (TPSA) is 38.9 Å². The van der Waals surface area contributed by atoms with Gasteiger partial charge in [-0.15, -0.1) is 0 Å². The molecule has 0 saturated carbocycles. The standard InChI is InChI=1S/C18H23N5/c1-14-10-16(19-21(14)3)12-23(18-8-6-5-7-9-18)13-17-11-15(2)22(4)20-17/h5-11H,12-13H2,1-4H3. The molecule has 0 aliphatic heterocycles. The second kappa shape index (κ2) is 6.28. The second-order valence-electron chi connectivity index (χ2n) is 5.99. The highest BCUT2D eigenvalue weighted by Gasteiger charge is 2.13. The van der Waals surface area contributed by atoms with E-state index in [1.807, 2.05) is 29.5 Å². The van der Waals surface area contributed by atoms with Crippen LogP contribution in [-0.4, -0.2) is 19.6 Å². The summed E-state index contributed by atoms with van der Waals surface area (Å²) in [6.07, 6.45) is 0. The lowest BCUT2D eigenvalue weighted by Gasteiger charge is -2.23. The Morgan fingerprint density at radius 3 is 1.70 bits per heavy atom. The second-order valence-corrected chi connectivity index (χ2v) is 5.99. The van der Waals surface area contributed by atoms with Gasteiger partial charge in [0.05, 0.1) is 24.5 Å². The van der Waals surface area contributed by atoms with Crippen molar-refractivity contribution in [1.29, 1.82) is 0 Å². The van der Waals surface area contributed by atoms with Crippen molar-refractivity contribution in [2.45, 2.75) is 26.9 Å². The molecule has 0 atom stereocenters. The Bertz CT molecular complexity index is 698. The molecule has 0 N–H and O–H groups in total. The molecule has 5 heteroatoms. The molecule has 5 nitrogen and oxygen atoms in total. The van der Waals surface area contributed by atoms with Gasteiger partial charge in [0.2, 0.25) is 0 Å². The highest BCUT2D eigenvalue weighted by molar-refractivity contribution is 5.46. The normalized spacial score (nSPS) is 11.0. The van der Waals surface area contributed by atoms with E-state index in [0.717, 1.165) is 24.5 Å². The van der Waals surface area contributed by atoms with E-state index in [2.05, 4.69) is 65.3 Å². The van der Waals surface area contributed by atoms with Crippen molar-refractivity contribution in [3.8, 4) is 0 Å². The maximum Gasteiger partial charge on any atom is 0.0820 e. The maximum atomic E-state index is 4.59. The minimum Gasteiger partial charge on any atom is -0.360 e. The summed E-state index contributed by atoms with van der Waals surface area (Å²) < 4.78 is 3.84. The average Bonchev–Trinajstić information content (AvgIpc) is 3.01. The largest absolute Gasteiger partial charge is 0.360 e. The van der Waals surface area contributed by atoms with Gasteiger partial charge in [0.15, 0.2) is 0 Å². The first-order chi connectivity index (χ1) is 11.0. The molecule has 0 aliphatic carbocycles. The van der Waals surface area contributed by atoms with Gasteiger partial charge in [-0.25, -0.2) is 0 Å². The fourth-order valence-corrected chi connectivity index (χ4v) is 2.69. The number of aryl methyl sites for hydroxylation is 4. The van der Waals surface area contributed by atoms with Crippen LogP contribution in [-0.2, 0) is 27.2 Å². The van der Waals surface area contributed by atoms with E-state index < -0.39 is 0 Å². The molecule has 0 unspecified atom stereocenters. The number of rotatable bonds is 5. The first-order valence-electron chi connectivity index (χ1n) is 7.82. The van der Waals surface area contributed by atoms with E-state index in [4.69, 9.17) is 0 Å². The van der Waals surface area contributed by atoms with Gasteiger partial charge in [-0.1, -0.05) is 18.2 Å². The third-order valence-corrected chi connectivity index (χ3v) is 4.16. The summed E-state index contributed by atoms with van der Waals surface area (Å²) in [5.41, 5.74) is 5.66. The predicted molar refractivity (Wildman–Crippen MR) is 92.2 cm³/mol. The molecule has 0 amide bonds. The zero-order chi connectivity index (χ0) is 16.4. The fourth-order valence-electron chi connectivity index (χ4n) is 2.69. The summed E-state index contributed by atoms with van der Waals surface area (Å²) in [5.74, 6) is 0. The summed E-state index contributed by atoms with van der Waals surface area (Å²) in [5, 5.41) is 9.18. The Kier molecular flexibility index (Phi) is 4.19. The van der Waals surface area contributed by atoms with Gasteiger partial charge < -0.3 is 4.90 Å². The summed E-state index contributed by atoms with van der Waals surface area (Å²) in [6.45, 7) is 5.68. The Hall–Kier alpha value is -2.56. The number of benzene rings is 1. The number of aromatic nitrogens is 4. The van der Waals surface area contributed by atoms with Crippen molar-refractivity contribution in [1.82, 2.24) is 19.6 Å². The lowest BCUT2D eigenvalue weighted by Crippen LogP contribution is -2.22. The average molecular weight is 309 g/mol. The van der Waals surface area contributed by atoms with Crippen molar-refractivity contribution in [3.05, 3.63) is 65.2 Å². The van der Waals surface area contributed by atoms with Gasteiger partial charge in [-0.2, -0.15) is 10.2 Å². The van der Waals surface area contributed by atoms with E-state index in [1.165, 1.54) is 17.1 Å². The van der Waals surface area contributed by atoms with Gasteiger partial charge >= 0.3 is 0 Å². The van der Waals surface area contributed by atoms with Crippen LogP contribution in [0.4, 0.5) is 5.69 Å². The SMILES string of the molecule is Cc1cc(CN(Cc2cc(C)n(C)n2)c2ccccc2)nn1C. The Balaban J connectivity index is 1.87. The Morgan fingerprint density at radius 2 is 1.30 bits per heavy atom. The molecular formula is C18H23N5. The molecule has 0 spiro atoms. The number of para-hydroxylation sites is 1. The Labute approximate surface area is 137 Å². The monoisotopic (exact) mass is 309 g/mol. The van der Waals surface area contributed by atoms with E-state index in [1.54, 1.807) is 0 Å². The summed E-state index contributed by atoms with van der Waals surface area (Å²) in [7, 11) is 3.96. The minimum absolute atomic E-state index is 0.765. The van der Waals surface area contributed by atoms with Crippen LogP contribution in [0.25, 0.3) is 0 Å². The molecule has 3 rings (SSSR count). The molecule has 2 heterocycles. The van der Waals surface area contributed by atoms with Crippen molar-refractivity contribution in [2.24, 2.45) is 14.1 Å². The van der Waals surface area contributed by atoms with Crippen LogP contribution in [0, 0.1) is 13.8 Å². The van der Waals surface area contributed by atoms with Crippen LogP contribution in [0.5, 0.6) is 0 Å². The molecule has 23 heavy (non-hydrogen) atoms. The lowest BCUT2D eigenvalue weighted by molar-refractivity contribution is 0.682. The molecule has 0 fully saturated rings. The molecule has 120 valence electrons. The van der Waals surface area contributed by atoms with Crippen LogP contribution in [0.1, 0.15) is 22.8 Å². The molecular weight excluding hydrogens is 286 g/mol. The van der Waals surface area contributed by atoms with E-state index in [0.29, 0.717) is 0 Å². The number of hydrogen-bond acceptors (Lipinski definition) is 3. The van der Waals surface area contributed by atoms with E-state index in [-0.39, 0.29) is 0 Å². The van der Waals surface area contributed by atoms with Gasteiger partial charge in [-0.3, -0.25) is 9.36 Å². The highest BCUT2D eigenvalue weighted by atomic mass is 15.3. The summed E-state index contributed by atoms with van der Waals surface area (Å²) >= 11 is 0. The predicted octanol–water partition coefficient (Wildman–Crippen LogP) is 2.98. The third kappa shape index (κ3) is 3.44. The van der Waals surface area contributed by atoms with Gasteiger partial charge in [-0.05, 0) is 38.1 Å². The number of hydrogen-bond donors (Lipinski definition) is 0. The van der Waals surface area contributed by atoms with Crippen molar-refractivity contribution in [3.63, 3.8) is 0 Å². The molecule has 0 aliphatic rings. The summed E-state index contributed by atoms with van der Waals surface area (Å²) in [6, 6.07) is 14.7. The lowest BCUT2D eigenvalue weighted by atomic mass is 10.2. The van der Waals surface area contributed by atoms with Crippen molar-refractivity contribution < 1.29 is 0 Å². The van der Waals surface area contributed by atoms with Crippen LogP contribution >= 0.6 is 0 Å². The molecule has 0 bridgehead atoms. The van der Waals surface area contributed by atoms with Gasteiger partial charge in [0, 0.05) is 31.2 Å². The smallest absolute Gasteiger partial charge is 0.0820 e. The van der Waals surface area contributed by atoms with Crippen LogP contribution in [0.15, 0.2) is 42.5 Å². The van der Waals surface area contributed by atoms with Crippen LogP contribution < -0.4 is 4.90 Å². The van der Waals surface area contributed by atoms with Gasteiger partial charge in [0.1, 0.15) is 0 Å². The number of anilines is 1. The minimum atomic E-state index is 0.765. The van der Waals surface area contributed by atoms with Crippen molar-refractivity contribution >= 4 is 5.69 Å². The first kappa shape index (κ1) is 15.3. The zero-order valence-electron chi connectivity index (χ0n) is 14.2.